The Labute approximate surface area is 98.7 Å². The zero-order valence-electron chi connectivity index (χ0n) is 9.60. The third-order valence-corrected chi connectivity index (χ3v) is 2.87. The van der Waals surface area contributed by atoms with Crippen LogP contribution in [0.4, 0.5) is 0 Å². The molecule has 0 spiro atoms. The van der Waals surface area contributed by atoms with Crippen molar-refractivity contribution in [3.8, 4) is 0 Å². The van der Waals surface area contributed by atoms with Gasteiger partial charge in [-0.15, -0.1) is 0 Å². The molecule has 0 aromatic rings. The van der Waals surface area contributed by atoms with Crippen molar-refractivity contribution in [2.24, 2.45) is 17.6 Å². The number of hydrogen-bond acceptors (Lipinski definition) is 4. The van der Waals surface area contributed by atoms with Crippen LogP contribution in [0.15, 0.2) is 0 Å². The standard InChI is InChI=1S/C10H17N3O4/c1-5-3-12-4-6(5)9(15)13-7(10(16)17)2-8(11)14/h5-7,12H,2-4H2,1H3,(H2,11,14)(H,13,15)(H,16,17)/t5-,6-,7-/m1/s1. The predicted molar refractivity (Wildman–Crippen MR) is 58.9 cm³/mol. The number of carboxylic acids is 1. The van der Waals surface area contributed by atoms with Gasteiger partial charge in [-0.25, -0.2) is 4.79 Å². The number of carbonyl (C=O) groups is 3. The van der Waals surface area contributed by atoms with E-state index in [1.165, 1.54) is 0 Å². The third kappa shape index (κ3) is 3.70. The van der Waals surface area contributed by atoms with Crippen molar-refractivity contribution in [3.63, 3.8) is 0 Å². The molecule has 7 heteroatoms. The molecule has 5 N–H and O–H groups in total. The van der Waals surface area contributed by atoms with Gasteiger partial charge in [-0.05, 0) is 12.5 Å². The number of nitrogens with two attached hydrogens (primary N) is 1. The maximum Gasteiger partial charge on any atom is 0.326 e. The molecular formula is C10H17N3O4. The lowest BCUT2D eigenvalue weighted by atomic mass is 9.97. The minimum atomic E-state index is -1.25. The molecule has 0 bridgehead atoms. The Morgan fingerprint density at radius 1 is 1.47 bits per heavy atom. The zero-order chi connectivity index (χ0) is 13.0. The maximum atomic E-state index is 11.8. The molecule has 0 aromatic carbocycles. The average Bonchev–Trinajstić information content (AvgIpc) is 2.62. The summed E-state index contributed by atoms with van der Waals surface area (Å²) in [5, 5.41) is 14.2. The fraction of sp³-hybridized carbons (Fsp3) is 0.700. The van der Waals surface area contributed by atoms with E-state index < -0.39 is 24.3 Å². The highest BCUT2D eigenvalue weighted by Crippen LogP contribution is 2.16. The average molecular weight is 243 g/mol. The van der Waals surface area contributed by atoms with E-state index in [1.807, 2.05) is 6.92 Å². The fourth-order valence-electron chi connectivity index (χ4n) is 1.84. The Hall–Kier alpha value is -1.63. The highest BCUT2D eigenvalue weighted by molar-refractivity contribution is 5.89. The molecule has 2 amide bonds. The second-order valence-corrected chi connectivity index (χ2v) is 4.31. The first-order chi connectivity index (χ1) is 7.91. The molecule has 1 rings (SSSR count). The van der Waals surface area contributed by atoms with Crippen LogP contribution in [-0.2, 0) is 14.4 Å². The summed E-state index contributed by atoms with van der Waals surface area (Å²) in [6, 6.07) is -1.24. The molecule has 1 aliphatic heterocycles. The van der Waals surface area contributed by atoms with Crippen LogP contribution in [0.2, 0.25) is 0 Å². The molecule has 1 heterocycles. The number of primary amides is 1. The number of nitrogens with one attached hydrogen (secondary N) is 2. The summed E-state index contributed by atoms with van der Waals surface area (Å²) in [5.41, 5.74) is 4.92. The van der Waals surface area contributed by atoms with Crippen molar-refractivity contribution in [2.45, 2.75) is 19.4 Å². The fourth-order valence-corrected chi connectivity index (χ4v) is 1.84. The molecular weight excluding hydrogens is 226 g/mol. The van der Waals surface area contributed by atoms with Crippen LogP contribution in [0, 0.1) is 11.8 Å². The minimum absolute atomic E-state index is 0.151. The highest BCUT2D eigenvalue weighted by atomic mass is 16.4. The van der Waals surface area contributed by atoms with Crippen LogP contribution in [0.5, 0.6) is 0 Å². The van der Waals surface area contributed by atoms with Crippen LogP contribution in [-0.4, -0.2) is 42.0 Å². The summed E-state index contributed by atoms with van der Waals surface area (Å²) < 4.78 is 0. The quantitative estimate of drug-likeness (QED) is 0.458. The molecule has 0 radical (unpaired) electrons. The third-order valence-electron chi connectivity index (χ3n) is 2.87. The number of rotatable bonds is 5. The van der Waals surface area contributed by atoms with E-state index in [2.05, 4.69) is 10.6 Å². The Bertz CT molecular complexity index is 332. The predicted octanol–water partition coefficient (Wildman–Crippen LogP) is -1.71. The van der Waals surface area contributed by atoms with Crippen molar-refractivity contribution in [2.75, 3.05) is 13.1 Å². The van der Waals surface area contributed by atoms with Crippen LogP contribution in [0.25, 0.3) is 0 Å². The summed E-state index contributed by atoms with van der Waals surface area (Å²) in [6.45, 7) is 3.16. The number of hydrogen-bond donors (Lipinski definition) is 4. The minimum Gasteiger partial charge on any atom is -0.480 e. The lowest BCUT2D eigenvalue weighted by Crippen LogP contribution is -2.46. The van der Waals surface area contributed by atoms with E-state index >= 15 is 0 Å². The van der Waals surface area contributed by atoms with Gasteiger partial charge in [0.25, 0.3) is 0 Å². The van der Waals surface area contributed by atoms with E-state index in [1.54, 1.807) is 0 Å². The molecule has 17 heavy (non-hydrogen) atoms. The van der Waals surface area contributed by atoms with Crippen molar-refractivity contribution >= 4 is 17.8 Å². The number of amides is 2. The molecule has 7 nitrogen and oxygen atoms in total. The SMILES string of the molecule is C[C@@H]1CNC[C@H]1C(=O)N[C@H](CC(N)=O)C(=O)O. The Morgan fingerprint density at radius 2 is 2.12 bits per heavy atom. The van der Waals surface area contributed by atoms with Gasteiger partial charge < -0.3 is 21.5 Å². The van der Waals surface area contributed by atoms with Crippen LogP contribution in [0.1, 0.15) is 13.3 Å². The van der Waals surface area contributed by atoms with Crippen molar-refractivity contribution in [1.82, 2.24) is 10.6 Å². The van der Waals surface area contributed by atoms with Gasteiger partial charge >= 0.3 is 5.97 Å². The monoisotopic (exact) mass is 243 g/mol. The maximum absolute atomic E-state index is 11.8. The highest BCUT2D eigenvalue weighted by Gasteiger charge is 2.32. The van der Waals surface area contributed by atoms with Crippen LogP contribution >= 0.6 is 0 Å². The first kappa shape index (κ1) is 13.4. The van der Waals surface area contributed by atoms with Crippen LogP contribution < -0.4 is 16.4 Å². The summed E-state index contributed by atoms with van der Waals surface area (Å²) in [4.78, 5) is 33.3. The van der Waals surface area contributed by atoms with Gasteiger partial charge in [0.1, 0.15) is 6.04 Å². The largest absolute Gasteiger partial charge is 0.480 e. The van der Waals surface area contributed by atoms with E-state index in [-0.39, 0.29) is 17.7 Å². The molecule has 0 unspecified atom stereocenters. The molecule has 96 valence electrons. The summed E-state index contributed by atoms with van der Waals surface area (Å²) in [5.74, 6) is -2.47. The van der Waals surface area contributed by atoms with Gasteiger partial charge in [0.2, 0.25) is 11.8 Å². The molecule has 3 atom stereocenters. The van der Waals surface area contributed by atoms with Gasteiger partial charge in [-0.1, -0.05) is 6.92 Å². The topological polar surface area (TPSA) is 122 Å². The van der Waals surface area contributed by atoms with Crippen molar-refractivity contribution in [3.05, 3.63) is 0 Å². The Morgan fingerprint density at radius 3 is 2.53 bits per heavy atom. The number of carboxylic acid groups (broad SMARTS) is 1. The first-order valence-electron chi connectivity index (χ1n) is 5.44. The molecule has 1 aliphatic rings. The van der Waals surface area contributed by atoms with Gasteiger partial charge in [-0.3, -0.25) is 9.59 Å². The first-order valence-corrected chi connectivity index (χ1v) is 5.44. The number of carbonyl (C=O) groups excluding carboxylic acids is 2. The van der Waals surface area contributed by atoms with Crippen molar-refractivity contribution < 1.29 is 19.5 Å². The zero-order valence-corrected chi connectivity index (χ0v) is 9.60. The summed E-state index contributed by atoms with van der Waals surface area (Å²) in [7, 11) is 0. The lowest BCUT2D eigenvalue weighted by Gasteiger charge is -2.18. The second kappa shape index (κ2) is 5.62. The lowest BCUT2D eigenvalue weighted by molar-refractivity contribution is -0.144. The Balaban J connectivity index is 2.57. The van der Waals surface area contributed by atoms with Crippen molar-refractivity contribution in [1.29, 1.82) is 0 Å². The number of aliphatic carboxylic acids is 1. The van der Waals surface area contributed by atoms with Gasteiger partial charge in [0, 0.05) is 6.54 Å². The smallest absolute Gasteiger partial charge is 0.326 e. The van der Waals surface area contributed by atoms with E-state index in [0.29, 0.717) is 6.54 Å². The normalized spacial score (nSPS) is 25.2. The van der Waals surface area contributed by atoms with E-state index in [9.17, 15) is 14.4 Å². The van der Waals surface area contributed by atoms with Gasteiger partial charge in [-0.2, -0.15) is 0 Å². The van der Waals surface area contributed by atoms with E-state index in [0.717, 1.165) is 6.54 Å². The Kier molecular flexibility index (Phi) is 4.45. The molecule has 0 saturated carbocycles. The van der Waals surface area contributed by atoms with Gasteiger partial charge in [0.05, 0.1) is 12.3 Å². The molecule has 1 saturated heterocycles. The molecule has 0 aliphatic carbocycles. The van der Waals surface area contributed by atoms with E-state index in [4.69, 9.17) is 10.8 Å². The summed E-state index contributed by atoms with van der Waals surface area (Å²) in [6.07, 6.45) is -0.393. The molecule has 1 fully saturated rings. The van der Waals surface area contributed by atoms with Gasteiger partial charge in [0.15, 0.2) is 0 Å². The summed E-state index contributed by atoms with van der Waals surface area (Å²) >= 11 is 0. The molecule has 0 aromatic heterocycles. The van der Waals surface area contributed by atoms with Crippen LogP contribution in [0.3, 0.4) is 0 Å². The second-order valence-electron chi connectivity index (χ2n) is 4.31.